The summed E-state index contributed by atoms with van der Waals surface area (Å²) < 4.78 is 10.7. The van der Waals surface area contributed by atoms with E-state index in [0.717, 1.165) is 17.5 Å². The second kappa shape index (κ2) is 8.75. The molecule has 31 heavy (non-hydrogen) atoms. The highest BCUT2D eigenvalue weighted by Crippen LogP contribution is 2.18. The lowest BCUT2D eigenvalue weighted by Crippen LogP contribution is -2.11. The van der Waals surface area contributed by atoms with Gasteiger partial charge >= 0.3 is 0 Å². The van der Waals surface area contributed by atoms with Crippen molar-refractivity contribution in [3.63, 3.8) is 0 Å². The third-order valence-electron chi connectivity index (χ3n) is 4.76. The second-order valence-corrected chi connectivity index (χ2v) is 7.30. The number of nitrogens with one attached hydrogen (secondary N) is 2. The van der Waals surface area contributed by atoms with Crippen LogP contribution in [0.25, 0.3) is 0 Å². The summed E-state index contributed by atoms with van der Waals surface area (Å²) >= 11 is 0. The van der Waals surface area contributed by atoms with Gasteiger partial charge in [0.1, 0.15) is 11.5 Å². The lowest BCUT2D eigenvalue weighted by atomic mass is 10.0. The summed E-state index contributed by atoms with van der Waals surface area (Å²) in [5.74, 6) is 1.42. The van der Waals surface area contributed by atoms with Crippen molar-refractivity contribution in [2.24, 2.45) is 0 Å². The van der Waals surface area contributed by atoms with Crippen molar-refractivity contribution in [3.05, 3.63) is 107 Å². The van der Waals surface area contributed by atoms with E-state index in [0.29, 0.717) is 22.9 Å². The van der Waals surface area contributed by atoms with Gasteiger partial charge in [-0.25, -0.2) is 0 Å². The van der Waals surface area contributed by atoms with Gasteiger partial charge in [0.05, 0.1) is 0 Å². The number of furan rings is 2. The van der Waals surface area contributed by atoms with Crippen molar-refractivity contribution < 1.29 is 18.4 Å². The maximum absolute atomic E-state index is 12.2. The molecule has 0 atom stereocenters. The van der Waals surface area contributed by atoms with Crippen LogP contribution in [0.2, 0.25) is 0 Å². The standard InChI is InChI=1S/C25H22N2O4/c1-16-3-13-22(30-16)24(28)26-20-9-5-18(6-10-20)15-19-7-11-21(12-8-19)27-25(29)23-14-4-17(2)31-23/h3-14H,15H2,1-2H3,(H,26,28)(H,27,29). The van der Waals surface area contributed by atoms with E-state index >= 15 is 0 Å². The molecule has 0 saturated heterocycles. The van der Waals surface area contributed by atoms with Crippen molar-refractivity contribution in [2.75, 3.05) is 10.6 Å². The Morgan fingerprint density at radius 1 is 0.613 bits per heavy atom. The van der Waals surface area contributed by atoms with Crippen LogP contribution in [0.15, 0.2) is 81.6 Å². The quantitative estimate of drug-likeness (QED) is 0.431. The van der Waals surface area contributed by atoms with Gasteiger partial charge in [-0.05, 0) is 79.9 Å². The fraction of sp³-hybridized carbons (Fsp3) is 0.120. The molecule has 0 unspecified atom stereocenters. The normalized spacial score (nSPS) is 10.6. The molecular formula is C25H22N2O4. The molecular weight excluding hydrogens is 392 g/mol. The second-order valence-electron chi connectivity index (χ2n) is 7.30. The van der Waals surface area contributed by atoms with E-state index in [1.807, 2.05) is 48.5 Å². The van der Waals surface area contributed by atoms with E-state index in [4.69, 9.17) is 8.83 Å². The molecule has 4 rings (SSSR count). The molecule has 0 radical (unpaired) electrons. The third kappa shape index (κ3) is 5.11. The van der Waals surface area contributed by atoms with Crippen molar-refractivity contribution in [2.45, 2.75) is 20.3 Å². The molecule has 0 aliphatic carbocycles. The van der Waals surface area contributed by atoms with Crippen LogP contribution in [-0.2, 0) is 6.42 Å². The Morgan fingerprint density at radius 3 is 1.32 bits per heavy atom. The molecule has 2 aromatic heterocycles. The Morgan fingerprint density at radius 2 is 1.00 bits per heavy atom. The van der Waals surface area contributed by atoms with Gasteiger partial charge in [-0.1, -0.05) is 24.3 Å². The minimum atomic E-state index is -0.275. The molecule has 0 bridgehead atoms. The summed E-state index contributed by atoms with van der Waals surface area (Å²) in [6.07, 6.45) is 0.733. The lowest BCUT2D eigenvalue weighted by molar-refractivity contribution is 0.0988. The number of benzene rings is 2. The number of aryl methyl sites for hydroxylation is 2. The maximum Gasteiger partial charge on any atom is 0.291 e. The van der Waals surface area contributed by atoms with Crippen molar-refractivity contribution in [1.82, 2.24) is 0 Å². The minimum Gasteiger partial charge on any atom is -0.456 e. The van der Waals surface area contributed by atoms with Crippen molar-refractivity contribution in [1.29, 1.82) is 0 Å². The summed E-state index contributed by atoms with van der Waals surface area (Å²) in [7, 11) is 0. The van der Waals surface area contributed by atoms with Gasteiger partial charge in [0.15, 0.2) is 11.5 Å². The Balaban J connectivity index is 1.33. The number of amides is 2. The number of hydrogen-bond acceptors (Lipinski definition) is 4. The number of rotatable bonds is 6. The SMILES string of the molecule is Cc1ccc(C(=O)Nc2ccc(Cc3ccc(NC(=O)c4ccc(C)o4)cc3)cc2)o1. The summed E-state index contributed by atoms with van der Waals surface area (Å²) in [5, 5.41) is 5.65. The zero-order valence-electron chi connectivity index (χ0n) is 17.3. The highest BCUT2D eigenvalue weighted by Gasteiger charge is 2.11. The first-order valence-corrected chi connectivity index (χ1v) is 9.90. The minimum absolute atomic E-state index is 0.275. The average molecular weight is 414 g/mol. The summed E-state index contributed by atoms with van der Waals surface area (Å²) in [6, 6.07) is 22.2. The largest absolute Gasteiger partial charge is 0.456 e. The number of carbonyl (C=O) groups is 2. The van der Waals surface area contributed by atoms with Gasteiger partial charge in [0, 0.05) is 11.4 Å². The predicted octanol–water partition coefficient (Wildman–Crippen LogP) is 5.58. The number of hydrogen-bond donors (Lipinski definition) is 2. The molecule has 6 nitrogen and oxygen atoms in total. The maximum atomic E-state index is 12.2. The smallest absolute Gasteiger partial charge is 0.291 e. The van der Waals surface area contributed by atoms with Crippen LogP contribution in [0.5, 0.6) is 0 Å². The van der Waals surface area contributed by atoms with Crippen LogP contribution < -0.4 is 10.6 Å². The molecule has 0 fully saturated rings. The molecule has 0 aliphatic heterocycles. The van der Waals surface area contributed by atoms with Gasteiger partial charge in [-0.2, -0.15) is 0 Å². The molecule has 4 aromatic rings. The molecule has 156 valence electrons. The zero-order chi connectivity index (χ0) is 21.8. The fourth-order valence-corrected chi connectivity index (χ4v) is 3.15. The molecule has 0 saturated carbocycles. The van der Waals surface area contributed by atoms with Gasteiger partial charge in [-0.3, -0.25) is 9.59 Å². The van der Waals surface area contributed by atoms with E-state index in [9.17, 15) is 9.59 Å². The van der Waals surface area contributed by atoms with E-state index in [1.165, 1.54) is 0 Å². The van der Waals surface area contributed by atoms with E-state index in [-0.39, 0.29) is 23.3 Å². The van der Waals surface area contributed by atoms with Gasteiger partial charge in [0.2, 0.25) is 0 Å². The van der Waals surface area contributed by atoms with Crippen LogP contribution in [-0.4, -0.2) is 11.8 Å². The van der Waals surface area contributed by atoms with Crippen LogP contribution in [0.3, 0.4) is 0 Å². The molecule has 6 heteroatoms. The third-order valence-corrected chi connectivity index (χ3v) is 4.76. The Kier molecular flexibility index (Phi) is 5.71. The molecule has 2 amide bonds. The Labute approximate surface area is 179 Å². The molecule has 2 N–H and O–H groups in total. The summed E-state index contributed by atoms with van der Waals surface area (Å²) in [5.41, 5.74) is 3.62. The monoisotopic (exact) mass is 414 g/mol. The summed E-state index contributed by atoms with van der Waals surface area (Å²) in [6.45, 7) is 3.60. The van der Waals surface area contributed by atoms with E-state index < -0.39 is 0 Å². The van der Waals surface area contributed by atoms with Gasteiger partial charge in [-0.15, -0.1) is 0 Å². The van der Waals surface area contributed by atoms with Gasteiger partial charge in [0.25, 0.3) is 11.8 Å². The first kappa shape index (κ1) is 20.2. The van der Waals surface area contributed by atoms with Crippen LogP contribution >= 0.6 is 0 Å². The van der Waals surface area contributed by atoms with E-state index in [1.54, 1.807) is 38.1 Å². The topological polar surface area (TPSA) is 84.5 Å². The van der Waals surface area contributed by atoms with Crippen molar-refractivity contribution in [3.8, 4) is 0 Å². The average Bonchev–Trinajstić information content (AvgIpc) is 3.39. The molecule has 0 aliphatic rings. The molecule has 0 spiro atoms. The Hall–Kier alpha value is -4.06. The highest BCUT2D eigenvalue weighted by molar-refractivity contribution is 6.02. The molecule has 2 heterocycles. The zero-order valence-corrected chi connectivity index (χ0v) is 17.3. The first-order valence-electron chi connectivity index (χ1n) is 9.90. The van der Waals surface area contributed by atoms with E-state index in [2.05, 4.69) is 10.6 Å². The van der Waals surface area contributed by atoms with Crippen LogP contribution in [0, 0.1) is 13.8 Å². The lowest BCUT2D eigenvalue weighted by Gasteiger charge is -2.07. The molecule has 2 aromatic carbocycles. The fourth-order valence-electron chi connectivity index (χ4n) is 3.15. The first-order chi connectivity index (χ1) is 15.0. The summed E-state index contributed by atoms with van der Waals surface area (Å²) in [4.78, 5) is 24.3. The van der Waals surface area contributed by atoms with Crippen molar-refractivity contribution >= 4 is 23.2 Å². The highest BCUT2D eigenvalue weighted by atomic mass is 16.4. The number of anilines is 2. The van der Waals surface area contributed by atoms with Gasteiger partial charge < -0.3 is 19.5 Å². The Bertz CT molecular complexity index is 1110. The van der Waals surface area contributed by atoms with Crippen LogP contribution in [0.4, 0.5) is 11.4 Å². The van der Waals surface area contributed by atoms with Crippen LogP contribution in [0.1, 0.15) is 43.8 Å². The number of carbonyl (C=O) groups excluding carboxylic acids is 2. The predicted molar refractivity (Wildman–Crippen MR) is 118 cm³/mol.